The van der Waals surface area contributed by atoms with Crippen LogP contribution in [-0.4, -0.2) is 11.5 Å². The molecule has 0 spiro atoms. The predicted octanol–water partition coefficient (Wildman–Crippen LogP) is 5.99. The van der Waals surface area contributed by atoms with Gasteiger partial charge in [0.05, 0.1) is 0 Å². The van der Waals surface area contributed by atoms with Crippen LogP contribution in [0.4, 0.5) is 5.82 Å². The molecule has 25 heavy (non-hydrogen) atoms. The fraction of sp³-hybridized carbons (Fsp3) is 0.435. The Morgan fingerprint density at radius 3 is 2.52 bits per heavy atom. The van der Waals surface area contributed by atoms with Crippen LogP contribution in [0, 0.1) is 0 Å². The number of aryl methyl sites for hydroxylation is 1. The zero-order valence-corrected chi connectivity index (χ0v) is 15.6. The monoisotopic (exact) mass is 334 g/mol. The number of hydrogen-bond acceptors (Lipinski definition) is 2. The van der Waals surface area contributed by atoms with Crippen LogP contribution in [0.25, 0.3) is 6.08 Å². The van der Waals surface area contributed by atoms with E-state index in [1.54, 1.807) is 0 Å². The molecular weight excluding hydrogens is 304 g/mol. The average Bonchev–Trinajstić information content (AvgIpc) is 2.68. The lowest BCUT2D eigenvalue weighted by Gasteiger charge is -2.38. The van der Waals surface area contributed by atoms with Crippen LogP contribution < -0.4 is 5.32 Å². The zero-order chi connectivity index (χ0) is 17.5. The van der Waals surface area contributed by atoms with Crippen LogP contribution in [0.5, 0.6) is 0 Å². The SMILES string of the molecule is C/C=C\c1c(CC)ccnc1NCC1(c2ccccc2)CCCCC1. The third-order valence-corrected chi connectivity index (χ3v) is 5.59. The Kier molecular flexibility index (Phi) is 5.91. The number of hydrogen-bond donors (Lipinski definition) is 1. The first-order valence-corrected chi connectivity index (χ1v) is 9.69. The molecule has 0 radical (unpaired) electrons. The smallest absolute Gasteiger partial charge is 0.133 e. The summed E-state index contributed by atoms with van der Waals surface area (Å²) in [4.78, 5) is 4.65. The summed E-state index contributed by atoms with van der Waals surface area (Å²) in [5.41, 5.74) is 4.30. The summed E-state index contributed by atoms with van der Waals surface area (Å²) in [6.07, 6.45) is 13.8. The Bertz CT molecular complexity index is 697. The van der Waals surface area contributed by atoms with Crippen LogP contribution in [0.2, 0.25) is 0 Å². The van der Waals surface area contributed by atoms with Gasteiger partial charge in [0.15, 0.2) is 0 Å². The fourth-order valence-corrected chi connectivity index (χ4v) is 4.16. The standard InChI is InChI=1S/C23H30N2/c1-3-11-21-19(4-2)14-17-24-22(21)25-18-23(15-9-6-10-16-23)20-12-7-5-8-13-20/h3,5,7-8,11-14,17H,4,6,9-10,15-16,18H2,1-2H3,(H,24,25)/b11-3-. The van der Waals surface area contributed by atoms with E-state index in [0.29, 0.717) is 0 Å². The largest absolute Gasteiger partial charge is 0.369 e. The van der Waals surface area contributed by atoms with Crippen molar-refractivity contribution in [2.75, 3.05) is 11.9 Å². The average molecular weight is 335 g/mol. The van der Waals surface area contributed by atoms with Crippen molar-refractivity contribution in [3.05, 3.63) is 65.4 Å². The maximum absolute atomic E-state index is 4.65. The lowest BCUT2D eigenvalue weighted by Crippen LogP contribution is -2.36. The number of pyridine rings is 1. The van der Waals surface area contributed by atoms with Gasteiger partial charge in [-0.2, -0.15) is 0 Å². The zero-order valence-electron chi connectivity index (χ0n) is 15.6. The van der Waals surface area contributed by atoms with E-state index in [2.05, 4.69) is 72.7 Å². The summed E-state index contributed by atoms with van der Waals surface area (Å²) < 4.78 is 0. The van der Waals surface area contributed by atoms with Gasteiger partial charge in [-0.05, 0) is 43.4 Å². The van der Waals surface area contributed by atoms with E-state index in [4.69, 9.17) is 0 Å². The van der Waals surface area contributed by atoms with Crippen LogP contribution in [0.3, 0.4) is 0 Å². The Morgan fingerprint density at radius 2 is 1.84 bits per heavy atom. The molecule has 0 saturated heterocycles. The normalized spacial score (nSPS) is 16.9. The molecule has 0 unspecified atom stereocenters. The highest BCUT2D eigenvalue weighted by Gasteiger charge is 2.33. The molecule has 1 fully saturated rings. The minimum Gasteiger partial charge on any atom is -0.369 e. The number of nitrogens with zero attached hydrogens (tertiary/aromatic N) is 1. The first-order chi connectivity index (χ1) is 12.3. The molecule has 2 aromatic rings. The predicted molar refractivity (Wildman–Crippen MR) is 108 cm³/mol. The number of anilines is 1. The van der Waals surface area contributed by atoms with Crippen molar-refractivity contribution >= 4 is 11.9 Å². The summed E-state index contributed by atoms with van der Waals surface area (Å²) >= 11 is 0. The highest BCUT2D eigenvalue weighted by Crippen LogP contribution is 2.39. The molecule has 0 atom stereocenters. The van der Waals surface area contributed by atoms with E-state index in [9.17, 15) is 0 Å². The molecule has 2 nitrogen and oxygen atoms in total. The van der Waals surface area contributed by atoms with E-state index in [0.717, 1.165) is 18.8 Å². The second-order valence-corrected chi connectivity index (χ2v) is 7.15. The third-order valence-electron chi connectivity index (χ3n) is 5.59. The molecule has 1 aliphatic rings. The molecule has 1 heterocycles. The van der Waals surface area contributed by atoms with Gasteiger partial charge in [-0.15, -0.1) is 0 Å². The molecule has 1 aromatic heterocycles. The van der Waals surface area contributed by atoms with Gasteiger partial charge < -0.3 is 5.32 Å². The molecular formula is C23H30N2. The quantitative estimate of drug-likeness (QED) is 0.701. The number of aromatic nitrogens is 1. The van der Waals surface area contributed by atoms with Gasteiger partial charge in [0, 0.05) is 23.7 Å². The molecule has 1 saturated carbocycles. The van der Waals surface area contributed by atoms with Gasteiger partial charge in [-0.25, -0.2) is 4.98 Å². The van der Waals surface area contributed by atoms with E-state index < -0.39 is 0 Å². The van der Waals surface area contributed by atoms with Crippen molar-refractivity contribution in [1.82, 2.24) is 4.98 Å². The van der Waals surface area contributed by atoms with Gasteiger partial charge in [-0.3, -0.25) is 0 Å². The fourth-order valence-electron chi connectivity index (χ4n) is 4.16. The second-order valence-electron chi connectivity index (χ2n) is 7.15. The van der Waals surface area contributed by atoms with Crippen molar-refractivity contribution in [2.24, 2.45) is 0 Å². The van der Waals surface area contributed by atoms with Gasteiger partial charge in [0.25, 0.3) is 0 Å². The number of nitrogens with one attached hydrogen (secondary N) is 1. The van der Waals surface area contributed by atoms with Gasteiger partial charge >= 0.3 is 0 Å². The molecule has 1 aliphatic carbocycles. The molecule has 2 heteroatoms. The van der Waals surface area contributed by atoms with Crippen LogP contribution >= 0.6 is 0 Å². The van der Waals surface area contributed by atoms with E-state index in [1.807, 2.05) is 6.20 Å². The molecule has 0 amide bonds. The van der Waals surface area contributed by atoms with E-state index in [-0.39, 0.29) is 5.41 Å². The summed E-state index contributed by atoms with van der Waals surface area (Å²) in [7, 11) is 0. The van der Waals surface area contributed by atoms with Crippen molar-refractivity contribution in [1.29, 1.82) is 0 Å². The molecule has 1 N–H and O–H groups in total. The van der Waals surface area contributed by atoms with E-state index in [1.165, 1.54) is 48.8 Å². The van der Waals surface area contributed by atoms with Crippen molar-refractivity contribution in [3.8, 4) is 0 Å². The molecule has 3 rings (SSSR count). The summed E-state index contributed by atoms with van der Waals surface area (Å²) in [5.74, 6) is 1.03. The Hall–Kier alpha value is -2.09. The maximum atomic E-state index is 4.65. The molecule has 132 valence electrons. The van der Waals surface area contributed by atoms with Crippen molar-refractivity contribution in [3.63, 3.8) is 0 Å². The second kappa shape index (κ2) is 8.33. The maximum Gasteiger partial charge on any atom is 0.133 e. The molecule has 0 aliphatic heterocycles. The molecule has 1 aromatic carbocycles. The van der Waals surface area contributed by atoms with Gasteiger partial charge in [-0.1, -0.05) is 68.7 Å². The Morgan fingerprint density at radius 1 is 1.08 bits per heavy atom. The minimum absolute atomic E-state index is 0.233. The van der Waals surface area contributed by atoms with E-state index >= 15 is 0 Å². The minimum atomic E-state index is 0.233. The first kappa shape index (κ1) is 17.7. The van der Waals surface area contributed by atoms with Gasteiger partial charge in [0.2, 0.25) is 0 Å². The first-order valence-electron chi connectivity index (χ1n) is 9.69. The number of benzene rings is 1. The van der Waals surface area contributed by atoms with Gasteiger partial charge in [0.1, 0.15) is 5.82 Å². The lowest BCUT2D eigenvalue weighted by molar-refractivity contribution is 0.308. The van der Waals surface area contributed by atoms with Crippen LogP contribution in [0.1, 0.15) is 62.6 Å². The highest BCUT2D eigenvalue weighted by atomic mass is 15.0. The summed E-state index contributed by atoms with van der Waals surface area (Å²) in [5, 5.41) is 3.72. The summed E-state index contributed by atoms with van der Waals surface area (Å²) in [6, 6.07) is 13.2. The Labute approximate surface area is 152 Å². The number of allylic oxidation sites excluding steroid dienone is 1. The van der Waals surface area contributed by atoms with Crippen molar-refractivity contribution in [2.45, 2.75) is 57.8 Å². The van der Waals surface area contributed by atoms with Crippen LogP contribution in [0.15, 0.2) is 48.7 Å². The Balaban J connectivity index is 1.87. The van der Waals surface area contributed by atoms with Crippen molar-refractivity contribution < 1.29 is 0 Å². The topological polar surface area (TPSA) is 24.9 Å². The van der Waals surface area contributed by atoms with Crippen LogP contribution in [-0.2, 0) is 11.8 Å². The highest BCUT2D eigenvalue weighted by molar-refractivity contribution is 5.66. The molecule has 0 bridgehead atoms. The number of rotatable bonds is 6. The summed E-state index contributed by atoms with van der Waals surface area (Å²) in [6.45, 7) is 5.24. The third kappa shape index (κ3) is 3.95. The lowest BCUT2D eigenvalue weighted by atomic mass is 9.69.